The van der Waals surface area contributed by atoms with Gasteiger partial charge in [0.2, 0.25) is 17.7 Å². The monoisotopic (exact) mass is 453 g/mol. The predicted octanol–water partition coefficient (Wildman–Crippen LogP) is -0.0355. The third-order valence-electron chi connectivity index (χ3n) is 6.27. The maximum Gasteiger partial charge on any atom is 0.303 e. The van der Waals surface area contributed by atoms with E-state index in [1.807, 2.05) is 13.8 Å². The lowest BCUT2D eigenvalue weighted by Crippen LogP contribution is -2.52. The molecule has 0 aliphatic heterocycles. The molecule has 0 saturated heterocycles. The Morgan fingerprint density at radius 2 is 1.78 bits per heavy atom. The van der Waals surface area contributed by atoms with Crippen LogP contribution in [0.5, 0.6) is 0 Å². The molecule has 2 rings (SSSR count). The Labute approximate surface area is 187 Å². The molecule has 2 aliphatic rings. The number of carboxylic acid groups (broad SMARTS) is 1. The molecule has 0 aromatic rings. The average Bonchev–Trinajstić information content (AvgIpc) is 3.10. The van der Waals surface area contributed by atoms with Gasteiger partial charge in [-0.3, -0.25) is 19.2 Å². The lowest BCUT2D eigenvalue weighted by atomic mass is 9.79. The molecular formula is C22H35N3O7. The van der Waals surface area contributed by atoms with Crippen LogP contribution in [-0.2, 0) is 19.2 Å². The molecule has 2 aliphatic carbocycles. The van der Waals surface area contributed by atoms with E-state index in [-0.39, 0.29) is 30.8 Å². The number of rotatable bonds is 10. The van der Waals surface area contributed by atoms with E-state index < -0.39 is 53.4 Å². The second kappa shape index (κ2) is 10.9. The van der Waals surface area contributed by atoms with Gasteiger partial charge in [-0.1, -0.05) is 32.8 Å². The van der Waals surface area contributed by atoms with Crippen LogP contribution in [0.15, 0.2) is 11.6 Å². The predicted molar refractivity (Wildman–Crippen MR) is 115 cm³/mol. The van der Waals surface area contributed by atoms with Gasteiger partial charge in [0.25, 0.3) is 0 Å². The minimum Gasteiger partial charge on any atom is -0.481 e. The molecule has 0 aromatic heterocycles. The molecule has 1 saturated carbocycles. The molecule has 0 spiro atoms. The summed E-state index contributed by atoms with van der Waals surface area (Å²) in [5.74, 6) is -2.57. The summed E-state index contributed by atoms with van der Waals surface area (Å²) in [5.41, 5.74) is 4.88. The molecule has 7 N–H and O–H groups in total. The van der Waals surface area contributed by atoms with Crippen molar-refractivity contribution in [1.82, 2.24) is 10.6 Å². The van der Waals surface area contributed by atoms with Gasteiger partial charge in [0.1, 0.15) is 12.1 Å². The quantitative estimate of drug-likeness (QED) is 0.268. The van der Waals surface area contributed by atoms with Crippen molar-refractivity contribution in [2.75, 3.05) is 0 Å². The molecule has 10 heteroatoms. The third-order valence-corrected chi connectivity index (χ3v) is 6.27. The number of aliphatic hydroxyl groups excluding tert-OH is 2. The van der Waals surface area contributed by atoms with Crippen LogP contribution in [-0.4, -0.2) is 63.3 Å². The van der Waals surface area contributed by atoms with Gasteiger partial charge in [-0.05, 0) is 30.6 Å². The van der Waals surface area contributed by atoms with Crippen molar-refractivity contribution < 1.29 is 34.5 Å². The molecule has 4 atom stereocenters. The molecule has 0 radical (unpaired) electrons. The number of aliphatic carboxylic acids is 1. The zero-order valence-electron chi connectivity index (χ0n) is 18.7. The zero-order valence-corrected chi connectivity index (χ0v) is 18.7. The van der Waals surface area contributed by atoms with E-state index >= 15 is 0 Å². The number of aliphatic hydroxyl groups is 2. The van der Waals surface area contributed by atoms with Gasteiger partial charge >= 0.3 is 5.97 Å². The fourth-order valence-corrected chi connectivity index (χ4v) is 4.67. The highest BCUT2D eigenvalue weighted by Gasteiger charge is 2.40. The van der Waals surface area contributed by atoms with Gasteiger partial charge in [-0.2, -0.15) is 0 Å². The fourth-order valence-electron chi connectivity index (χ4n) is 4.67. The molecule has 32 heavy (non-hydrogen) atoms. The SMILES string of the molecule is CC(C)C[C@@H](NC(=O)C1=C[C@@H](NC(=O)CC2(CC(=O)O)CCCC2)[C@@H](O)[C@H](O)C1)C(N)=O. The van der Waals surface area contributed by atoms with Gasteiger partial charge in [0.15, 0.2) is 0 Å². The molecule has 0 unspecified atom stereocenters. The Balaban J connectivity index is 2.10. The van der Waals surface area contributed by atoms with Crippen LogP contribution in [0.4, 0.5) is 0 Å². The summed E-state index contributed by atoms with van der Waals surface area (Å²) in [6.07, 6.45) is 1.83. The first-order valence-corrected chi connectivity index (χ1v) is 11.1. The summed E-state index contributed by atoms with van der Waals surface area (Å²) in [4.78, 5) is 48.3. The number of nitrogens with one attached hydrogen (secondary N) is 2. The summed E-state index contributed by atoms with van der Waals surface area (Å²) in [6.45, 7) is 3.77. The number of carboxylic acids is 1. The van der Waals surface area contributed by atoms with Crippen molar-refractivity contribution in [3.8, 4) is 0 Å². The summed E-state index contributed by atoms with van der Waals surface area (Å²) in [5, 5.41) is 35.0. The van der Waals surface area contributed by atoms with Crippen LogP contribution in [0.2, 0.25) is 0 Å². The van der Waals surface area contributed by atoms with Gasteiger partial charge in [-0.15, -0.1) is 0 Å². The van der Waals surface area contributed by atoms with Crippen LogP contribution < -0.4 is 16.4 Å². The molecular weight excluding hydrogens is 418 g/mol. The van der Waals surface area contributed by atoms with E-state index in [1.54, 1.807) is 0 Å². The highest BCUT2D eigenvalue weighted by molar-refractivity contribution is 5.97. The number of primary amides is 1. The van der Waals surface area contributed by atoms with Crippen molar-refractivity contribution >= 4 is 23.7 Å². The molecule has 1 fully saturated rings. The average molecular weight is 454 g/mol. The number of hydrogen-bond acceptors (Lipinski definition) is 6. The van der Waals surface area contributed by atoms with Gasteiger partial charge in [-0.25, -0.2) is 0 Å². The molecule has 0 aromatic carbocycles. The van der Waals surface area contributed by atoms with Crippen LogP contribution in [0.1, 0.15) is 65.2 Å². The molecule has 3 amide bonds. The van der Waals surface area contributed by atoms with E-state index in [0.29, 0.717) is 19.3 Å². The normalized spacial score (nSPS) is 25.7. The van der Waals surface area contributed by atoms with Crippen molar-refractivity contribution in [2.45, 2.75) is 89.5 Å². The lowest BCUT2D eigenvalue weighted by molar-refractivity contribution is -0.140. The third kappa shape index (κ3) is 7.03. The fraction of sp³-hybridized carbons (Fsp3) is 0.727. The highest BCUT2D eigenvalue weighted by Crippen LogP contribution is 2.44. The largest absolute Gasteiger partial charge is 0.481 e. The van der Waals surface area contributed by atoms with Crippen LogP contribution in [0.3, 0.4) is 0 Å². The summed E-state index contributed by atoms with van der Waals surface area (Å²) in [7, 11) is 0. The van der Waals surface area contributed by atoms with Crippen LogP contribution in [0, 0.1) is 11.3 Å². The number of hydrogen-bond donors (Lipinski definition) is 6. The van der Waals surface area contributed by atoms with Crippen molar-refractivity contribution in [3.63, 3.8) is 0 Å². The maximum atomic E-state index is 12.7. The van der Waals surface area contributed by atoms with Gasteiger partial charge in [0.05, 0.1) is 18.6 Å². The molecule has 0 bridgehead atoms. The number of carbonyl (C=O) groups is 4. The van der Waals surface area contributed by atoms with Crippen molar-refractivity contribution in [3.05, 3.63) is 11.6 Å². The van der Waals surface area contributed by atoms with Crippen LogP contribution >= 0.6 is 0 Å². The van der Waals surface area contributed by atoms with Gasteiger partial charge in [0, 0.05) is 18.4 Å². The van der Waals surface area contributed by atoms with E-state index in [9.17, 15) is 34.5 Å². The van der Waals surface area contributed by atoms with E-state index in [4.69, 9.17) is 5.73 Å². The van der Waals surface area contributed by atoms with E-state index in [1.165, 1.54) is 6.08 Å². The molecule has 0 heterocycles. The zero-order chi connectivity index (χ0) is 24.1. The summed E-state index contributed by atoms with van der Waals surface area (Å²) in [6, 6.07) is -1.90. The number of amides is 3. The second-order valence-corrected chi connectivity index (χ2v) is 9.56. The van der Waals surface area contributed by atoms with Gasteiger partial charge < -0.3 is 31.7 Å². The first-order valence-electron chi connectivity index (χ1n) is 11.1. The van der Waals surface area contributed by atoms with E-state index in [0.717, 1.165) is 12.8 Å². The van der Waals surface area contributed by atoms with Crippen molar-refractivity contribution in [2.24, 2.45) is 17.1 Å². The Bertz CT molecular complexity index is 759. The highest BCUT2D eigenvalue weighted by atomic mass is 16.4. The van der Waals surface area contributed by atoms with Crippen molar-refractivity contribution in [1.29, 1.82) is 0 Å². The topological polar surface area (TPSA) is 179 Å². The Hall–Kier alpha value is -2.46. The number of carbonyl (C=O) groups excluding carboxylic acids is 3. The Morgan fingerprint density at radius 3 is 2.31 bits per heavy atom. The first kappa shape index (κ1) is 25.8. The Kier molecular flexibility index (Phi) is 8.80. The second-order valence-electron chi connectivity index (χ2n) is 9.56. The van der Waals surface area contributed by atoms with Crippen LogP contribution in [0.25, 0.3) is 0 Å². The standard InChI is InChI=1S/C22H35N3O7/c1-12(2)7-15(20(23)31)25-21(32)13-8-14(19(30)16(26)9-13)24-17(27)10-22(11-18(28)29)5-3-4-6-22/h8,12,14-16,19,26,30H,3-7,9-11H2,1-2H3,(H2,23,31)(H,24,27)(H,25,32)(H,28,29)/t14-,15-,16-,19-/m1/s1. The first-order chi connectivity index (χ1) is 14.9. The summed E-state index contributed by atoms with van der Waals surface area (Å²) >= 11 is 0. The lowest BCUT2D eigenvalue weighted by Gasteiger charge is -2.33. The Morgan fingerprint density at radius 1 is 1.16 bits per heavy atom. The summed E-state index contributed by atoms with van der Waals surface area (Å²) < 4.78 is 0. The smallest absolute Gasteiger partial charge is 0.303 e. The number of nitrogens with two attached hydrogens (primary N) is 1. The molecule has 180 valence electrons. The van der Waals surface area contributed by atoms with E-state index in [2.05, 4.69) is 10.6 Å². The minimum absolute atomic E-state index is 0.00781. The maximum absolute atomic E-state index is 12.7. The molecule has 10 nitrogen and oxygen atoms in total. The minimum atomic E-state index is -1.32.